The smallest absolute Gasteiger partial charge is 0.550 e. The maximum atomic E-state index is 9.84. The van der Waals surface area contributed by atoms with E-state index in [0.29, 0.717) is 0 Å². The predicted molar refractivity (Wildman–Crippen MR) is 67.6 cm³/mol. The predicted octanol–water partition coefficient (Wildman–Crippen LogP) is -10.8. The van der Waals surface area contributed by atoms with E-state index in [4.69, 9.17) is 20.4 Å². The van der Waals surface area contributed by atoms with Crippen molar-refractivity contribution < 1.29 is 153 Å². The van der Waals surface area contributed by atoms with E-state index in [1.807, 2.05) is 0 Å². The van der Waals surface area contributed by atoms with Crippen molar-refractivity contribution >= 4 is 17.9 Å². The molecule has 0 radical (unpaired) electrons. The van der Waals surface area contributed by atoms with Crippen LogP contribution in [0.5, 0.6) is 0 Å². The molecule has 0 saturated carbocycles. The number of aliphatic hydroxyl groups is 4. The molecule has 0 bridgehead atoms. The SMILES string of the molecule is C=CC(=O)OC.O=C([O-])CC(=O)[O-].OCC(CO)(CO)CO.[K+].[K+]. The van der Waals surface area contributed by atoms with Crippen molar-refractivity contribution in [3.05, 3.63) is 12.7 Å². The molecule has 0 saturated heterocycles. The summed E-state index contributed by atoms with van der Waals surface area (Å²) in [7, 11) is 1.31. The molecule has 0 fully saturated rings. The number of hydrogen-bond acceptors (Lipinski definition) is 10. The molecule has 130 valence electrons. The van der Waals surface area contributed by atoms with Gasteiger partial charge >= 0.3 is 109 Å². The molecule has 0 rings (SSSR count). The minimum absolute atomic E-state index is 0. The fourth-order valence-electron chi connectivity index (χ4n) is 0.501. The summed E-state index contributed by atoms with van der Waals surface area (Å²) in [4.78, 5) is 28.4. The summed E-state index contributed by atoms with van der Waals surface area (Å²) in [5.41, 5.74) is -1.11. The molecule has 0 aliphatic heterocycles. The van der Waals surface area contributed by atoms with Crippen LogP contribution in [0, 0.1) is 5.41 Å². The number of aliphatic hydroxyl groups excluding tert-OH is 4. The van der Waals surface area contributed by atoms with Crippen LogP contribution in [0.1, 0.15) is 6.42 Å². The number of carbonyl (C=O) groups is 3. The second kappa shape index (κ2) is 24.3. The van der Waals surface area contributed by atoms with Crippen LogP contribution in [0.4, 0.5) is 0 Å². The third-order valence-corrected chi connectivity index (χ3v) is 2.00. The standard InChI is InChI=1S/C5H12O4.C4H6O2.C3H4O4.2K/c6-1-5(2-7,3-8)4-9;1-3-4(5)6-2;4-2(5)1-3(6)7;;/h6-9H,1-4H2;3H,1H2,2H3;1H2,(H,4,5)(H,6,7);;/q;;;2*+1/p-2. The van der Waals surface area contributed by atoms with E-state index < -0.39 is 56.2 Å². The van der Waals surface area contributed by atoms with Gasteiger partial charge < -0.3 is 45.0 Å². The number of rotatable bonds is 7. The number of ether oxygens (including phenoxy) is 1. The molecular weight excluding hydrogens is 382 g/mol. The molecule has 10 nitrogen and oxygen atoms in total. The summed E-state index contributed by atoms with van der Waals surface area (Å²) in [6, 6.07) is 0. The number of aliphatic carboxylic acids is 2. The molecule has 0 atom stereocenters. The second-order valence-electron chi connectivity index (χ2n) is 3.78. The Labute approximate surface area is 224 Å². The maximum absolute atomic E-state index is 9.84. The van der Waals surface area contributed by atoms with Crippen LogP contribution in [0.25, 0.3) is 0 Å². The average Bonchev–Trinajstić information content (AvgIpc) is 2.49. The molecule has 0 aromatic heterocycles. The van der Waals surface area contributed by atoms with Gasteiger partial charge in [0.15, 0.2) is 0 Å². The fraction of sp³-hybridized carbons (Fsp3) is 0.583. The molecule has 0 unspecified atom stereocenters. The number of carboxylic acids is 2. The number of carbonyl (C=O) groups excluding carboxylic acids is 3. The zero-order valence-electron chi connectivity index (χ0n) is 14.1. The van der Waals surface area contributed by atoms with Gasteiger partial charge in [-0.3, -0.25) is 0 Å². The van der Waals surface area contributed by atoms with Gasteiger partial charge in [0, 0.05) is 24.4 Å². The first-order chi connectivity index (χ1) is 10.2. The van der Waals surface area contributed by atoms with Crippen LogP contribution >= 0.6 is 0 Å². The Hall–Kier alpha value is 1.26. The van der Waals surface area contributed by atoms with E-state index in [1.165, 1.54) is 7.11 Å². The van der Waals surface area contributed by atoms with Gasteiger partial charge in [-0.2, -0.15) is 0 Å². The van der Waals surface area contributed by atoms with E-state index in [2.05, 4.69) is 11.3 Å². The number of methoxy groups -OCH3 is 1. The topological polar surface area (TPSA) is 187 Å². The Bertz CT molecular complexity index is 315. The Morgan fingerprint density at radius 2 is 1.25 bits per heavy atom. The van der Waals surface area contributed by atoms with E-state index in [0.717, 1.165) is 6.08 Å². The van der Waals surface area contributed by atoms with Crippen LogP contribution in [0.15, 0.2) is 12.7 Å². The third-order valence-electron chi connectivity index (χ3n) is 2.00. The summed E-state index contributed by atoms with van der Waals surface area (Å²) >= 11 is 0. The van der Waals surface area contributed by atoms with Crippen molar-refractivity contribution in [1.82, 2.24) is 0 Å². The molecule has 0 spiro atoms. The Kier molecular flexibility index (Phi) is 36.6. The van der Waals surface area contributed by atoms with E-state index in [-0.39, 0.29) is 103 Å². The number of esters is 1. The van der Waals surface area contributed by atoms with Gasteiger partial charge in [-0.05, 0) is 0 Å². The summed E-state index contributed by atoms with van der Waals surface area (Å²) in [5, 5.41) is 52.5. The van der Waals surface area contributed by atoms with Gasteiger partial charge in [0.05, 0.1) is 39.0 Å². The normalized spacial score (nSPS) is 8.54. The minimum atomic E-state index is -1.63. The van der Waals surface area contributed by atoms with Crippen molar-refractivity contribution in [3.8, 4) is 0 Å². The molecule has 4 N–H and O–H groups in total. The van der Waals surface area contributed by atoms with Crippen LogP contribution in [-0.2, 0) is 19.1 Å². The van der Waals surface area contributed by atoms with Gasteiger partial charge in [0.25, 0.3) is 0 Å². The van der Waals surface area contributed by atoms with Gasteiger partial charge in [-0.15, -0.1) is 0 Å². The minimum Gasteiger partial charge on any atom is -0.550 e. The molecule has 0 aliphatic rings. The number of carboxylic acid groups (broad SMARTS) is 2. The molecule has 12 heteroatoms. The van der Waals surface area contributed by atoms with Crippen molar-refractivity contribution in [2.24, 2.45) is 5.41 Å². The Morgan fingerprint density at radius 3 is 1.25 bits per heavy atom. The zero-order chi connectivity index (χ0) is 18.2. The van der Waals surface area contributed by atoms with Crippen LogP contribution in [-0.4, -0.2) is 71.9 Å². The molecule has 0 aromatic carbocycles. The summed E-state index contributed by atoms with van der Waals surface area (Å²) in [5.74, 6) is -3.64. The fourth-order valence-corrected chi connectivity index (χ4v) is 0.501. The van der Waals surface area contributed by atoms with Crippen molar-refractivity contribution in [3.63, 3.8) is 0 Å². The average molecular weight is 402 g/mol. The van der Waals surface area contributed by atoms with Gasteiger partial charge in [-0.25, -0.2) is 4.79 Å². The van der Waals surface area contributed by atoms with Gasteiger partial charge in [0.2, 0.25) is 0 Å². The number of hydrogen-bond donors (Lipinski definition) is 4. The van der Waals surface area contributed by atoms with E-state index in [9.17, 15) is 24.6 Å². The van der Waals surface area contributed by atoms with Crippen LogP contribution < -0.4 is 113 Å². The molecule has 0 aliphatic carbocycles. The monoisotopic (exact) mass is 402 g/mol. The first kappa shape index (κ1) is 36.2. The zero-order valence-corrected chi connectivity index (χ0v) is 20.3. The first-order valence-electron chi connectivity index (χ1n) is 5.72. The second-order valence-corrected chi connectivity index (χ2v) is 3.78. The van der Waals surface area contributed by atoms with E-state index >= 15 is 0 Å². The van der Waals surface area contributed by atoms with E-state index in [1.54, 1.807) is 0 Å². The molecule has 0 aromatic rings. The quantitative estimate of drug-likeness (QED) is 0.138. The van der Waals surface area contributed by atoms with Gasteiger partial charge in [-0.1, -0.05) is 6.58 Å². The Morgan fingerprint density at radius 1 is 0.958 bits per heavy atom. The van der Waals surface area contributed by atoms with Crippen molar-refractivity contribution in [2.45, 2.75) is 6.42 Å². The van der Waals surface area contributed by atoms with Crippen LogP contribution in [0.3, 0.4) is 0 Å². The first-order valence-corrected chi connectivity index (χ1v) is 5.72. The summed E-state index contributed by atoms with van der Waals surface area (Å²) in [6.07, 6.45) is 0.0833. The van der Waals surface area contributed by atoms with Crippen molar-refractivity contribution in [2.75, 3.05) is 33.5 Å². The molecule has 0 heterocycles. The maximum Gasteiger partial charge on any atom is 1.00 e. The van der Waals surface area contributed by atoms with Crippen molar-refractivity contribution in [1.29, 1.82) is 0 Å². The Balaban J connectivity index is -0.0000000737. The largest absolute Gasteiger partial charge is 1.00 e. The van der Waals surface area contributed by atoms with Gasteiger partial charge in [0.1, 0.15) is 0 Å². The molecular formula is C12H20K2O10. The summed E-state index contributed by atoms with van der Waals surface area (Å²) in [6.45, 7) is 1.53. The van der Waals surface area contributed by atoms with Crippen LogP contribution in [0.2, 0.25) is 0 Å². The summed E-state index contributed by atoms with van der Waals surface area (Å²) < 4.78 is 4.14. The molecule has 0 amide bonds. The molecule has 24 heavy (non-hydrogen) atoms. The third kappa shape index (κ3) is 25.5.